The Morgan fingerprint density at radius 2 is 2.13 bits per heavy atom. The van der Waals surface area contributed by atoms with Gasteiger partial charge in [0.1, 0.15) is 5.82 Å². The van der Waals surface area contributed by atoms with E-state index in [1.54, 1.807) is 18.3 Å². The number of halogens is 1. The lowest BCUT2D eigenvalue weighted by Gasteiger charge is -2.36. The van der Waals surface area contributed by atoms with Crippen LogP contribution in [0.15, 0.2) is 48.8 Å². The number of aromatic nitrogens is 1. The smallest absolute Gasteiger partial charge is 0.123 e. The van der Waals surface area contributed by atoms with Crippen LogP contribution in [0.5, 0.6) is 0 Å². The maximum absolute atomic E-state index is 13.2. The first-order valence-corrected chi connectivity index (χ1v) is 7.98. The topological polar surface area (TPSA) is 48.4 Å². The fraction of sp³-hybridized carbons (Fsp3) is 0.389. The second-order valence-electron chi connectivity index (χ2n) is 6.07. The van der Waals surface area contributed by atoms with Crippen molar-refractivity contribution in [1.82, 2.24) is 15.2 Å². The second kappa shape index (κ2) is 7.64. The summed E-state index contributed by atoms with van der Waals surface area (Å²) in [5.41, 5.74) is 2.06. The molecule has 2 heterocycles. The molecular formula is C18H22FN3O. The molecule has 1 aromatic carbocycles. The van der Waals surface area contributed by atoms with Crippen LogP contribution in [-0.2, 0) is 13.1 Å². The van der Waals surface area contributed by atoms with Gasteiger partial charge in [-0.15, -0.1) is 0 Å². The molecule has 5 heteroatoms. The SMILES string of the molecule is O[C@@H]1CN(Cc2cccc(F)c2)CC[C@H]1NCc1cccnc1. The van der Waals surface area contributed by atoms with Crippen molar-refractivity contribution in [3.8, 4) is 0 Å². The Morgan fingerprint density at radius 1 is 1.26 bits per heavy atom. The third-order valence-corrected chi connectivity index (χ3v) is 4.25. The maximum atomic E-state index is 13.2. The van der Waals surface area contributed by atoms with Crippen molar-refractivity contribution >= 4 is 0 Å². The van der Waals surface area contributed by atoms with E-state index in [0.29, 0.717) is 19.6 Å². The molecule has 0 amide bonds. The zero-order chi connectivity index (χ0) is 16.1. The normalized spacial score (nSPS) is 22.2. The number of nitrogens with one attached hydrogen (secondary N) is 1. The molecule has 1 saturated heterocycles. The zero-order valence-corrected chi connectivity index (χ0v) is 13.0. The highest BCUT2D eigenvalue weighted by molar-refractivity contribution is 5.16. The standard InChI is InChI=1S/C18H22FN3O/c19-16-5-1-3-14(9-16)12-22-8-6-17(18(23)13-22)21-11-15-4-2-7-20-10-15/h1-5,7,9-10,17-18,21,23H,6,8,11-13H2/t17-,18-/m1/s1. The van der Waals surface area contributed by atoms with Crippen molar-refractivity contribution < 1.29 is 9.50 Å². The number of hydrogen-bond acceptors (Lipinski definition) is 4. The van der Waals surface area contributed by atoms with Gasteiger partial charge in [-0.05, 0) is 35.7 Å². The van der Waals surface area contributed by atoms with Gasteiger partial charge in [-0.2, -0.15) is 0 Å². The third-order valence-electron chi connectivity index (χ3n) is 4.25. The lowest BCUT2D eigenvalue weighted by atomic mass is 10.0. The Morgan fingerprint density at radius 3 is 2.87 bits per heavy atom. The van der Waals surface area contributed by atoms with E-state index in [9.17, 15) is 9.50 Å². The van der Waals surface area contributed by atoms with Crippen molar-refractivity contribution in [1.29, 1.82) is 0 Å². The van der Waals surface area contributed by atoms with Gasteiger partial charge in [-0.3, -0.25) is 9.88 Å². The number of likely N-dealkylation sites (tertiary alicyclic amines) is 1. The largest absolute Gasteiger partial charge is 0.390 e. The van der Waals surface area contributed by atoms with Crippen LogP contribution in [0.4, 0.5) is 4.39 Å². The quantitative estimate of drug-likeness (QED) is 0.885. The van der Waals surface area contributed by atoms with E-state index >= 15 is 0 Å². The molecule has 1 aliphatic heterocycles. The minimum atomic E-state index is -0.422. The van der Waals surface area contributed by atoms with Crippen LogP contribution in [0, 0.1) is 5.82 Å². The van der Waals surface area contributed by atoms with Crippen LogP contribution >= 0.6 is 0 Å². The molecule has 1 aromatic heterocycles. The van der Waals surface area contributed by atoms with Crippen molar-refractivity contribution in [2.45, 2.75) is 31.7 Å². The highest BCUT2D eigenvalue weighted by Gasteiger charge is 2.27. The highest BCUT2D eigenvalue weighted by Crippen LogP contribution is 2.15. The highest BCUT2D eigenvalue weighted by atomic mass is 19.1. The summed E-state index contributed by atoms with van der Waals surface area (Å²) in [6, 6.07) is 10.7. The Bertz CT molecular complexity index is 623. The molecule has 2 N–H and O–H groups in total. The lowest BCUT2D eigenvalue weighted by molar-refractivity contribution is 0.0365. The van der Waals surface area contributed by atoms with Gasteiger partial charge in [0.25, 0.3) is 0 Å². The van der Waals surface area contributed by atoms with E-state index in [2.05, 4.69) is 15.2 Å². The number of benzene rings is 1. The monoisotopic (exact) mass is 315 g/mol. The summed E-state index contributed by atoms with van der Waals surface area (Å²) in [5.74, 6) is -0.212. The number of aliphatic hydroxyl groups excluding tert-OH is 1. The predicted molar refractivity (Wildman–Crippen MR) is 87.2 cm³/mol. The van der Waals surface area contributed by atoms with E-state index in [1.165, 1.54) is 6.07 Å². The number of hydrogen-bond donors (Lipinski definition) is 2. The number of nitrogens with zero attached hydrogens (tertiary/aromatic N) is 2. The molecule has 4 nitrogen and oxygen atoms in total. The first kappa shape index (κ1) is 16.1. The van der Waals surface area contributed by atoms with E-state index in [1.807, 2.05) is 24.4 Å². The Hall–Kier alpha value is -1.82. The summed E-state index contributed by atoms with van der Waals surface area (Å²) in [4.78, 5) is 6.26. The molecule has 0 radical (unpaired) electrons. The Labute approximate surface area is 136 Å². The molecular weight excluding hydrogens is 293 g/mol. The summed E-state index contributed by atoms with van der Waals surface area (Å²) in [6.07, 6.45) is 4.03. The van der Waals surface area contributed by atoms with Gasteiger partial charge < -0.3 is 10.4 Å². The van der Waals surface area contributed by atoms with E-state index in [-0.39, 0.29) is 11.9 Å². The van der Waals surface area contributed by atoms with Crippen LogP contribution < -0.4 is 5.32 Å². The van der Waals surface area contributed by atoms with Crippen molar-refractivity contribution in [3.05, 3.63) is 65.7 Å². The molecule has 0 bridgehead atoms. The number of β-amino-alcohol motifs (C(OH)–C–C–N with tert-alkyl or cyclic N) is 1. The number of aliphatic hydroxyl groups is 1. The van der Waals surface area contributed by atoms with Gasteiger partial charge in [-0.1, -0.05) is 18.2 Å². The fourth-order valence-corrected chi connectivity index (χ4v) is 3.02. The molecule has 0 unspecified atom stereocenters. The summed E-state index contributed by atoms with van der Waals surface area (Å²) in [5, 5.41) is 13.8. The third kappa shape index (κ3) is 4.58. The van der Waals surface area contributed by atoms with Gasteiger partial charge in [0.05, 0.1) is 6.10 Å². The minimum Gasteiger partial charge on any atom is -0.390 e. The van der Waals surface area contributed by atoms with Crippen LogP contribution in [0.2, 0.25) is 0 Å². The Balaban J connectivity index is 1.49. The predicted octanol–water partition coefficient (Wildman–Crippen LogP) is 1.95. The van der Waals surface area contributed by atoms with Gasteiger partial charge in [0.15, 0.2) is 0 Å². The Kier molecular flexibility index (Phi) is 5.33. The fourth-order valence-electron chi connectivity index (χ4n) is 3.02. The first-order valence-electron chi connectivity index (χ1n) is 7.98. The van der Waals surface area contributed by atoms with Gasteiger partial charge in [0, 0.05) is 44.6 Å². The van der Waals surface area contributed by atoms with Crippen molar-refractivity contribution in [3.63, 3.8) is 0 Å². The minimum absolute atomic E-state index is 0.0824. The van der Waals surface area contributed by atoms with E-state index in [0.717, 1.165) is 24.1 Å². The molecule has 23 heavy (non-hydrogen) atoms. The van der Waals surface area contributed by atoms with E-state index in [4.69, 9.17) is 0 Å². The van der Waals surface area contributed by atoms with Crippen molar-refractivity contribution in [2.75, 3.05) is 13.1 Å². The molecule has 0 saturated carbocycles. The number of piperidine rings is 1. The van der Waals surface area contributed by atoms with Gasteiger partial charge in [-0.25, -0.2) is 4.39 Å². The van der Waals surface area contributed by atoms with Gasteiger partial charge in [0.2, 0.25) is 0 Å². The zero-order valence-electron chi connectivity index (χ0n) is 13.0. The molecule has 3 rings (SSSR count). The summed E-state index contributed by atoms with van der Waals surface area (Å²) in [6.45, 7) is 2.86. The first-order chi connectivity index (χ1) is 11.2. The van der Waals surface area contributed by atoms with Crippen molar-refractivity contribution in [2.24, 2.45) is 0 Å². The summed E-state index contributed by atoms with van der Waals surface area (Å²) in [7, 11) is 0. The molecule has 1 aliphatic rings. The molecule has 2 atom stereocenters. The molecule has 1 fully saturated rings. The van der Waals surface area contributed by atoms with Gasteiger partial charge >= 0.3 is 0 Å². The average molecular weight is 315 g/mol. The van der Waals surface area contributed by atoms with Crippen LogP contribution in [0.1, 0.15) is 17.5 Å². The lowest BCUT2D eigenvalue weighted by Crippen LogP contribution is -2.52. The maximum Gasteiger partial charge on any atom is 0.123 e. The molecule has 0 spiro atoms. The molecule has 122 valence electrons. The van der Waals surface area contributed by atoms with E-state index < -0.39 is 6.10 Å². The average Bonchev–Trinajstić information content (AvgIpc) is 2.55. The van der Waals surface area contributed by atoms with Crippen LogP contribution in [0.3, 0.4) is 0 Å². The number of rotatable bonds is 5. The second-order valence-corrected chi connectivity index (χ2v) is 6.07. The van der Waals surface area contributed by atoms with Crippen LogP contribution in [-0.4, -0.2) is 40.2 Å². The summed E-state index contributed by atoms with van der Waals surface area (Å²) >= 11 is 0. The summed E-state index contributed by atoms with van der Waals surface area (Å²) < 4.78 is 13.2. The van der Waals surface area contributed by atoms with Crippen LogP contribution in [0.25, 0.3) is 0 Å². The molecule has 0 aliphatic carbocycles. The molecule has 2 aromatic rings. The number of pyridine rings is 1.